The molecule has 0 spiro atoms. The van der Waals surface area contributed by atoms with Gasteiger partial charge < -0.3 is 19.7 Å². The number of methoxy groups -OCH3 is 1. The zero-order chi connectivity index (χ0) is 18.4. The molecule has 0 unspecified atom stereocenters. The molecule has 0 aliphatic heterocycles. The van der Waals surface area contributed by atoms with E-state index in [0.717, 1.165) is 0 Å². The first-order valence-electron chi connectivity index (χ1n) is 7.20. The molecule has 2 rings (SSSR count). The van der Waals surface area contributed by atoms with Crippen molar-refractivity contribution >= 4 is 35.1 Å². The summed E-state index contributed by atoms with van der Waals surface area (Å²) in [5, 5.41) is 3.48. The molecule has 0 aliphatic carbocycles. The molecule has 1 amide bonds. The van der Waals surface area contributed by atoms with Crippen molar-refractivity contribution in [1.82, 2.24) is 20.3 Å². The van der Waals surface area contributed by atoms with E-state index in [1.165, 1.54) is 13.2 Å². The second-order valence-electron chi connectivity index (χ2n) is 5.07. The van der Waals surface area contributed by atoms with Crippen LogP contribution < -0.4 is 19.7 Å². The Morgan fingerprint density at radius 3 is 2.64 bits per heavy atom. The summed E-state index contributed by atoms with van der Waals surface area (Å²) >= 11 is 11.8. The fourth-order valence-electron chi connectivity index (χ4n) is 1.72. The Balaban J connectivity index is 1.92. The summed E-state index contributed by atoms with van der Waals surface area (Å²) in [6, 6.07) is 4.93. The summed E-state index contributed by atoms with van der Waals surface area (Å²) in [4.78, 5) is 26.0. The quantitative estimate of drug-likeness (QED) is 0.778. The first-order valence-corrected chi connectivity index (χ1v) is 7.95. The highest BCUT2D eigenvalue weighted by Crippen LogP contribution is 2.27. The second-order valence-corrected chi connectivity index (χ2v) is 5.92. The van der Waals surface area contributed by atoms with E-state index in [4.69, 9.17) is 32.7 Å². The molecular weight excluding hydrogens is 369 g/mol. The van der Waals surface area contributed by atoms with Crippen molar-refractivity contribution in [2.45, 2.75) is 6.54 Å². The van der Waals surface area contributed by atoms with Gasteiger partial charge in [0.2, 0.25) is 5.95 Å². The van der Waals surface area contributed by atoms with Crippen molar-refractivity contribution in [2.75, 3.05) is 32.7 Å². The van der Waals surface area contributed by atoms with Crippen LogP contribution in [0.2, 0.25) is 10.0 Å². The number of nitrogens with one attached hydrogen (secondary N) is 1. The van der Waals surface area contributed by atoms with Crippen molar-refractivity contribution in [3.63, 3.8) is 0 Å². The molecule has 0 saturated heterocycles. The minimum Gasteiger partial charge on any atom is -0.482 e. The number of aromatic nitrogens is 3. The summed E-state index contributed by atoms with van der Waals surface area (Å²) in [5.74, 6) is 0.823. The van der Waals surface area contributed by atoms with Gasteiger partial charge in [-0.2, -0.15) is 15.0 Å². The molecule has 134 valence electrons. The molecule has 2 aromatic rings. The summed E-state index contributed by atoms with van der Waals surface area (Å²) in [6.07, 6.45) is 0. The van der Waals surface area contributed by atoms with Gasteiger partial charge in [0.05, 0.1) is 18.7 Å². The fourth-order valence-corrected chi connectivity index (χ4v) is 2.18. The van der Waals surface area contributed by atoms with Gasteiger partial charge in [-0.25, -0.2) is 0 Å². The Morgan fingerprint density at radius 1 is 1.24 bits per heavy atom. The van der Waals surface area contributed by atoms with Crippen molar-refractivity contribution in [3.8, 4) is 11.8 Å². The normalized spacial score (nSPS) is 10.3. The van der Waals surface area contributed by atoms with Crippen LogP contribution in [-0.4, -0.2) is 48.7 Å². The van der Waals surface area contributed by atoms with Crippen LogP contribution in [-0.2, 0) is 11.3 Å². The van der Waals surface area contributed by atoms with Crippen LogP contribution in [0, 0.1) is 0 Å². The number of benzene rings is 1. The molecule has 1 aromatic heterocycles. The number of anilines is 1. The lowest BCUT2D eigenvalue weighted by Crippen LogP contribution is -2.29. The third kappa shape index (κ3) is 5.61. The third-order valence-electron chi connectivity index (χ3n) is 2.93. The topological polar surface area (TPSA) is 89.5 Å². The first-order chi connectivity index (χ1) is 11.9. The lowest BCUT2D eigenvalue weighted by Gasteiger charge is -2.12. The third-order valence-corrected chi connectivity index (χ3v) is 3.46. The van der Waals surface area contributed by atoms with E-state index in [1.54, 1.807) is 31.1 Å². The molecule has 25 heavy (non-hydrogen) atoms. The zero-order valence-corrected chi connectivity index (χ0v) is 15.4. The van der Waals surface area contributed by atoms with E-state index in [0.29, 0.717) is 27.6 Å². The maximum absolute atomic E-state index is 11.9. The van der Waals surface area contributed by atoms with Gasteiger partial charge in [-0.05, 0) is 18.2 Å². The molecule has 0 atom stereocenters. The average molecular weight is 386 g/mol. The number of rotatable bonds is 7. The van der Waals surface area contributed by atoms with Crippen LogP contribution in [0.25, 0.3) is 0 Å². The molecule has 10 heteroatoms. The number of carbonyl (C=O) groups is 1. The highest BCUT2D eigenvalue weighted by Gasteiger charge is 2.11. The number of hydrogen-bond acceptors (Lipinski definition) is 7. The Bertz CT molecular complexity index is 758. The minimum atomic E-state index is -0.350. The van der Waals surface area contributed by atoms with E-state index < -0.39 is 0 Å². The Morgan fingerprint density at radius 2 is 2.00 bits per heavy atom. The summed E-state index contributed by atoms with van der Waals surface area (Å²) in [5.41, 5.74) is 0. The Kier molecular flexibility index (Phi) is 6.60. The molecule has 0 aliphatic rings. The molecular formula is C15H17Cl2N5O3. The van der Waals surface area contributed by atoms with Crippen molar-refractivity contribution < 1.29 is 14.3 Å². The highest BCUT2D eigenvalue weighted by atomic mass is 35.5. The Hall–Kier alpha value is -2.32. The van der Waals surface area contributed by atoms with Crippen LogP contribution in [0.3, 0.4) is 0 Å². The standard InChI is InChI=1S/C15H17Cl2N5O3/c1-22(2)14-19-12(20-15(21-14)24-3)7-18-13(23)8-25-11-5-4-9(16)6-10(11)17/h4-6H,7-8H2,1-3H3,(H,18,23). The van der Waals surface area contributed by atoms with Gasteiger partial charge in [0.15, 0.2) is 12.4 Å². The molecule has 0 saturated carbocycles. The van der Waals surface area contributed by atoms with E-state index in [1.807, 2.05) is 0 Å². The molecule has 1 heterocycles. The monoisotopic (exact) mass is 385 g/mol. The van der Waals surface area contributed by atoms with Crippen molar-refractivity contribution in [2.24, 2.45) is 0 Å². The van der Waals surface area contributed by atoms with Crippen LogP contribution in [0.4, 0.5) is 5.95 Å². The molecule has 1 aromatic carbocycles. The predicted octanol–water partition coefficient (Wildman–Crippen LogP) is 1.95. The number of amides is 1. The van der Waals surface area contributed by atoms with E-state index in [-0.39, 0.29) is 25.1 Å². The van der Waals surface area contributed by atoms with Gasteiger partial charge in [-0.1, -0.05) is 23.2 Å². The molecule has 0 fully saturated rings. The Labute approximate surface area is 155 Å². The summed E-state index contributed by atoms with van der Waals surface area (Å²) < 4.78 is 10.4. The van der Waals surface area contributed by atoms with Crippen molar-refractivity contribution in [3.05, 3.63) is 34.1 Å². The van der Waals surface area contributed by atoms with Crippen LogP contribution in [0.15, 0.2) is 18.2 Å². The number of hydrogen-bond donors (Lipinski definition) is 1. The highest BCUT2D eigenvalue weighted by molar-refractivity contribution is 6.35. The van der Waals surface area contributed by atoms with Gasteiger partial charge in [0, 0.05) is 19.1 Å². The fraction of sp³-hybridized carbons (Fsp3) is 0.333. The smallest absolute Gasteiger partial charge is 0.321 e. The predicted molar refractivity (Wildman–Crippen MR) is 94.5 cm³/mol. The van der Waals surface area contributed by atoms with Gasteiger partial charge in [0.1, 0.15) is 5.75 Å². The SMILES string of the molecule is COc1nc(CNC(=O)COc2ccc(Cl)cc2Cl)nc(N(C)C)n1. The van der Waals surface area contributed by atoms with Crippen LogP contribution in [0.5, 0.6) is 11.8 Å². The first kappa shape index (κ1) is 19.0. The van der Waals surface area contributed by atoms with E-state index >= 15 is 0 Å². The summed E-state index contributed by atoms with van der Waals surface area (Å²) in [7, 11) is 5.04. The van der Waals surface area contributed by atoms with Crippen molar-refractivity contribution in [1.29, 1.82) is 0 Å². The largest absolute Gasteiger partial charge is 0.482 e. The average Bonchev–Trinajstić information content (AvgIpc) is 2.58. The number of nitrogens with zero attached hydrogens (tertiary/aromatic N) is 4. The van der Waals surface area contributed by atoms with Gasteiger partial charge in [0.25, 0.3) is 5.91 Å². The van der Waals surface area contributed by atoms with Gasteiger partial charge >= 0.3 is 6.01 Å². The second kappa shape index (κ2) is 8.68. The summed E-state index contributed by atoms with van der Waals surface area (Å²) in [6.45, 7) is -0.0969. The lowest BCUT2D eigenvalue weighted by atomic mass is 10.3. The number of carbonyl (C=O) groups excluding carboxylic acids is 1. The number of ether oxygens (including phenoxy) is 2. The number of halogens is 2. The van der Waals surface area contributed by atoms with Gasteiger partial charge in [-0.3, -0.25) is 4.79 Å². The maximum Gasteiger partial charge on any atom is 0.321 e. The maximum atomic E-state index is 11.9. The van der Waals surface area contributed by atoms with Crippen LogP contribution in [0.1, 0.15) is 5.82 Å². The van der Waals surface area contributed by atoms with E-state index in [2.05, 4.69) is 20.3 Å². The molecule has 0 radical (unpaired) electrons. The van der Waals surface area contributed by atoms with Gasteiger partial charge in [-0.15, -0.1) is 0 Å². The van der Waals surface area contributed by atoms with Crippen LogP contribution >= 0.6 is 23.2 Å². The molecule has 0 bridgehead atoms. The van der Waals surface area contributed by atoms with E-state index in [9.17, 15) is 4.79 Å². The minimum absolute atomic E-state index is 0.107. The molecule has 8 nitrogen and oxygen atoms in total. The lowest BCUT2D eigenvalue weighted by molar-refractivity contribution is -0.123. The zero-order valence-electron chi connectivity index (χ0n) is 13.9. The molecule has 1 N–H and O–H groups in total.